The number of hydrogen-bond donors (Lipinski definition) is 2. The third kappa shape index (κ3) is 2.81. The average Bonchev–Trinajstić information content (AvgIpc) is 2.33. The smallest absolute Gasteiger partial charge is 0.399 e. The Kier molecular flexibility index (Phi) is 3.52. The van der Waals surface area contributed by atoms with Crippen molar-refractivity contribution in [3.63, 3.8) is 0 Å². The molecule has 0 aliphatic rings. The molecule has 0 heterocycles. The van der Waals surface area contributed by atoms with E-state index in [0.717, 1.165) is 24.3 Å². The van der Waals surface area contributed by atoms with Crippen LogP contribution in [0.3, 0.4) is 0 Å². The predicted octanol–water partition coefficient (Wildman–Crippen LogP) is 4.31. The van der Waals surface area contributed by atoms with Gasteiger partial charge in [-0.05, 0) is 24.3 Å². The second kappa shape index (κ2) is 4.99. The molecule has 0 fully saturated rings. The lowest BCUT2D eigenvalue weighted by molar-refractivity contribution is -0.136. The fraction of sp³-hybridized carbons (Fsp3) is 0.0769. The van der Waals surface area contributed by atoms with E-state index in [2.05, 4.69) is 5.32 Å². The first-order valence-corrected chi connectivity index (χ1v) is 5.47. The van der Waals surface area contributed by atoms with Crippen molar-refractivity contribution in [1.82, 2.24) is 0 Å². The topological polar surface area (TPSA) is 38.0 Å². The summed E-state index contributed by atoms with van der Waals surface area (Å²) >= 11 is 0. The maximum absolute atomic E-state index is 13.6. The van der Waals surface area contributed by atoms with Gasteiger partial charge in [-0.2, -0.15) is 13.2 Å². The summed E-state index contributed by atoms with van der Waals surface area (Å²) in [7, 11) is 0. The zero-order valence-electron chi connectivity index (χ0n) is 9.93. The maximum Gasteiger partial charge on any atom is 0.418 e. The predicted molar refractivity (Wildman–Crippen MR) is 65.5 cm³/mol. The minimum atomic E-state index is -4.63. The molecule has 2 aromatic carbocycles. The molecule has 7 heteroatoms. The Hall–Kier alpha value is -2.31. The van der Waals surface area contributed by atoms with Crippen LogP contribution in [0.4, 0.5) is 39.0 Å². The Morgan fingerprint density at radius 3 is 2.05 bits per heavy atom. The van der Waals surface area contributed by atoms with E-state index in [-0.39, 0.29) is 5.69 Å². The molecule has 0 spiro atoms. The van der Waals surface area contributed by atoms with E-state index in [9.17, 15) is 22.0 Å². The number of nitrogen functional groups attached to an aromatic ring is 1. The van der Waals surface area contributed by atoms with Crippen molar-refractivity contribution >= 4 is 17.1 Å². The van der Waals surface area contributed by atoms with Crippen LogP contribution >= 0.6 is 0 Å². The van der Waals surface area contributed by atoms with Gasteiger partial charge < -0.3 is 11.1 Å². The summed E-state index contributed by atoms with van der Waals surface area (Å²) < 4.78 is 65.4. The second-order valence-electron chi connectivity index (χ2n) is 4.03. The summed E-state index contributed by atoms with van der Waals surface area (Å²) in [4.78, 5) is 0. The highest BCUT2D eigenvalue weighted by molar-refractivity contribution is 5.66. The molecule has 0 saturated carbocycles. The summed E-state index contributed by atoms with van der Waals surface area (Å²) in [6, 6.07) is 6.05. The molecule has 3 N–H and O–H groups in total. The minimum Gasteiger partial charge on any atom is -0.399 e. The molecule has 0 aliphatic carbocycles. The fourth-order valence-corrected chi connectivity index (χ4v) is 1.69. The Labute approximate surface area is 111 Å². The number of para-hydroxylation sites is 1. The number of anilines is 3. The highest BCUT2D eigenvalue weighted by atomic mass is 19.4. The molecule has 0 unspecified atom stereocenters. The van der Waals surface area contributed by atoms with E-state index in [4.69, 9.17) is 5.73 Å². The van der Waals surface area contributed by atoms with Crippen molar-refractivity contribution in [2.45, 2.75) is 6.18 Å². The lowest BCUT2D eigenvalue weighted by atomic mass is 10.1. The van der Waals surface area contributed by atoms with Gasteiger partial charge in [-0.1, -0.05) is 12.1 Å². The molecular weight excluding hydrogens is 279 g/mol. The van der Waals surface area contributed by atoms with Crippen molar-refractivity contribution in [3.8, 4) is 0 Å². The molecule has 20 heavy (non-hydrogen) atoms. The number of halogens is 5. The van der Waals surface area contributed by atoms with E-state index in [1.165, 1.54) is 12.1 Å². The first-order valence-electron chi connectivity index (χ1n) is 5.47. The average molecular weight is 288 g/mol. The van der Waals surface area contributed by atoms with Crippen LogP contribution in [0.25, 0.3) is 0 Å². The molecule has 2 rings (SSSR count). The highest BCUT2D eigenvalue weighted by Crippen LogP contribution is 2.36. The standard InChI is InChI=1S/C13H9F5N2/c14-9-5-7(19)6-10(15)12(9)20-11-4-2-1-3-8(11)13(16,17)18/h1-6,20H,19H2. The van der Waals surface area contributed by atoms with Crippen LogP contribution < -0.4 is 11.1 Å². The molecule has 0 amide bonds. The largest absolute Gasteiger partial charge is 0.418 e. The number of nitrogens with one attached hydrogen (secondary N) is 1. The molecule has 0 atom stereocenters. The van der Waals surface area contributed by atoms with E-state index in [1.54, 1.807) is 0 Å². The van der Waals surface area contributed by atoms with Crippen LogP contribution in [-0.4, -0.2) is 0 Å². The van der Waals surface area contributed by atoms with Gasteiger partial charge in [0.2, 0.25) is 0 Å². The lowest BCUT2D eigenvalue weighted by Gasteiger charge is -2.15. The monoisotopic (exact) mass is 288 g/mol. The van der Waals surface area contributed by atoms with E-state index in [1.807, 2.05) is 0 Å². The maximum atomic E-state index is 13.6. The van der Waals surface area contributed by atoms with Crippen LogP contribution in [0.5, 0.6) is 0 Å². The Morgan fingerprint density at radius 2 is 1.50 bits per heavy atom. The van der Waals surface area contributed by atoms with Gasteiger partial charge in [-0.15, -0.1) is 0 Å². The van der Waals surface area contributed by atoms with E-state index < -0.39 is 34.7 Å². The van der Waals surface area contributed by atoms with Gasteiger partial charge in [0, 0.05) is 5.69 Å². The number of nitrogens with two attached hydrogens (primary N) is 1. The summed E-state index contributed by atoms with van der Waals surface area (Å²) in [5.41, 5.74) is 2.93. The summed E-state index contributed by atoms with van der Waals surface area (Å²) in [5, 5.41) is 2.12. The van der Waals surface area contributed by atoms with Gasteiger partial charge in [0.15, 0.2) is 11.6 Å². The minimum absolute atomic E-state index is 0.158. The Balaban J connectivity index is 2.46. The SMILES string of the molecule is Nc1cc(F)c(Nc2ccccc2C(F)(F)F)c(F)c1. The van der Waals surface area contributed by atoms with Gasteiger partial charge in [0.25, 0.3) is 0 Å². The lowest BCUT2D eigenvalue weighted by Crippen LogP contribution is -2.09. The van der Waals surface area contributed by atoms with Gasteiger partial charge in [-0.25, -0.2) is 8.78 Å². The van der Waals surface area contributed by atoms with E-state index in [0.29, 0.717) is 0 Å². The van der Waals surface area contributed by atoms with Crippen LogP contribution in [0.1, 0.15) is 5.56 Å². The highest BCUT2D eigenvalue weighted by Gasteiger charge is 2.33. The van der Waals surface area contributed by atoms with Gasteiger partial charge in [0.05, 0.1) is 11.3 Å². The van der Waals surface area contributed by atoms with Gasteiger partial charge >= 0.3 is 6.18 Å². The molecule has 2 nitrogen and oxygen atoms in total. The molecule has 2 aromatic rings. The molecule has 106 valence electrons. The van der Waals surface area contributed by atoms with Crippen LogP contribution in [0.2, 0.25) is 0 Å². The zero-order chi connectivity index (χ0) is 14.9. The third-order valence-electron chi connectivity index (χ3n) is 2.56. The number of alkyl halides is 3. The zero-order valence-corrected chi connectivity index (χ0v) is 9.93. The van der Waals surface area contributed by atoms with Crippen LogP contribution in [-0.2, 0) is 6.18 Å². The number of benzene rings is 2. The summed E-state index contributed by atoms with van der Waals surface area (Å²) in [5.74, 6) is -2.14. The fourth-order valence-electron chi connectivity index (χ4n) is 1.69. The summed E-state index contributed by atoms with van der Waals surface area (Å²) in [6.45, 7) is 0. The van der Waals surface area contributed by atoms with Crippen LogP contribution in [0, 0.1) is 11.6 Å². The first kappa shape index (κ1) is 14.1. The molecule has 0 radical (unpaired) electrons. The molecule has 0 saturated heterocycles. The van der Waals surface area contributed by atoms with Crippen molar-refractivity contribution in [2.24, 2.45) is 0 Å². The Bertz CT molecular complexity index is 614. The first-order chi connectivity index (χ1) is 9.29. The number of hydrogen-bond acceptors (Lipinski definition) is 2. The van der Waals surface area contributed by atoms with Crippen molar-refractivity contribution in [1.29, 1.82) is 0 Å². The molecule has 0 bridgehead atoms. The molecule has 0 aliphatic heterocycles. The number of rotatable bonds is 2. The molecule has 0 aromatic heterocycles. The Morgan fingerprint density at radius 1 is 0.950 bits per heavy atom. The van der Waals surface area contributed by atoms with Crippen LogP contribution in [0.15, 0.2) is 36.4 Å². The molecular formula is C13H9F5N2. The third-order valence-corrected chi connectivity index (χ3v) is 2.56. The normalized spacial score (nSPS) is 11.4. The van der Waals surface area contributed by atoms with Gasteiger partial charge in [-0.3, -0.25) is 0 Å². The van der Waals surface area contributed by atoms with E-state index >= 15 is 0 Å². The van der Waals surface area contributed by atoms with Crippen molar-refractivity contribution in [2.75, 3.05) is 11.1 Å². The van der Waals surface area contributed by atoms with Gasteiger partial charge in [0.1, 0.15) is 5.69 Å². The van der Waals surface area contributed by atoms with Crippen molar-refractivity contribution in [3.05, 3.63) is 53.6 Å². The quantitative estimate of drug-likeness (QED) is 0.638. The van der Waals surface area contributed by atoms with Crippen molar-refractivity contribution < 1.29 is 22.0 Å². The summed E-state index contributed by atoms with van der Waals surface area (Å²) in [6.07, 6.45) is -4.63. The second-order valence-corrected chi connectivity index (χ2v) is 4.03.